The van der Waals surface area contributed by atoms with Crippen LogP contribution in [-0.2, 0) is 9.47 Å². The van der Waals surface area contributed by atoms with Crippen LogP contribution in [0.15, 0.2) is 0 Å². The highest BCUT2D eigenvalue weighted by Gasteiger charge is 2.21. The molecule has 3 nitrogen and oxygen atoms in total. The molecule has 0 aromatic carbocycles. The van der Waals surface area contributed by atoms with Crippen molar-refractivity contribution in [1.29, 1.82) is 0 Å². The van der Waals surface area contributed by atoms with Crippen LogP contribution in [0.5, 0.6) is 0 Å². The van der Waals surface area contributed by atoms with Crippen molar-refractivity contribution in [2.45, 2.75) is 76.5 Å². The molecule has 0 spiro atoms. The van der Waals surface area contributed by atoms with Gasteiger partial charge in [0.25, 0.3) is 0 Å². The van der Waals surface area contributed by atoms with Crippen LogP contribution >= 0.6 is 0 Å². The van der Waals surface area contributed by atoms with E-state index in [0.29, 0.717) is 18.2 Å². The monoisotopic (exact) mass is 255 g/mol. The molecular weight excluding hydrogens is 226 g/mol. The third kappa shape index (κ3) is 4.87. The minimum Gasteiger partial charge on any atom is -0.377 e. The highest BCUT2D eigenvalue weighted by Crippen LogP contribution is 2.19. The van der Waals surface area contributed by atoms with Gasteiger partial charge in [0.15, 0.2) is 0 Å². The smallest absolute Gasteiger partial charge is 0.0726 e. The molecule has 1 saturated carbocycles. The van der Waals surface area contributed by atoms with Gasteiger partial charge in [-0.1, -0.05) is 25.7 Å². The Hall–Kier alpha value is -0.120. The highest BCUT2D eigenvalue weighted by atomic mass is 16.5. The molecule has 2 fully saturated rings. The first kappa shape index (κ1) is 14.3. The van der Waals surface area contributed by atoms with Crippen molar-refractivity contribution in [2.24, 2.45) is 0 Å². The van der Waals surface area contributed by atoms with Crippen molar-refractivity contribution < 1.29 is 9.47 Å². The third-order valence-electron chi connectivity index (χ3n) is 4.25. The average molecular weight is 255 g/mol. The number of hydrogen-bond acceptors (Lipinski definition) is 3. The molecule has 2 aliphatic rings. The van der Waals surface area contributed by atoms with E-state index >= 15 is 0 Å². The van der Waals surface area contributed by atoms with Crippen LogP contribution in [-0.4, -0.2) is 38.0 Å². The summed E-state index contributed by atoms with van der Waals surface area (Å²) in [6.45, 7) is 4.97. The largest absolute Gasteiger partial charge is 0.377 e. The summed E-state index contributed by atoms with van der Waals surface area (Å²) in [6, 6.07) is 0.463. The number of nitrogens with one attached hydrogen (secondary N) is 1. The van der Waals surface area contributed by atoms with Gasteiger partial charge in [-0.3, -0.25) is 0 Å². The van der Waals surface area contributed by atoms with E-state index in [-0.39, 0.29) is 0 Å². The summed E-state index contributed by atoms with van der Waals surface area (Å²) in [5, 5.41) is 3.53. The first-order valence-corrected chi connectivity index (χ1v) is 7.83. The molecule has 1 N–H and O–H groups in total. The molecule has 0 aromatic rings. The second kappa shape index (κ2) is 8.13. The fourth-order valence-electron chi connectivity index (χ4n) is 3.05. The standard InChI is InChI=1S/C15H29NO2/c1-13(15-9-6-11-18-15)16-10-12-17-14-7-4-2-3-5-8-14/h13-16H,2-12H2,1H3. The minimum atomic E-state index is 0.419. The lowest BCUT2D eigenvalue weighted by Crippen LogP contribution is -2.39. The van der Waals surface area contributed by atoms with Crippen molar-refractivity contribution >= 4 is 0 Å². The van der Waals surface area contributed by atoms with Gasteiger partial charge in [-0.15, -0.1) is 0 Å². The van der Waals surface area contributed by atoms with Crippen LogP contribution in [0.4, 0.5) is 0 Å². The van der Waals surface area contributed by atoms with Crippen molar-refractivity contribution in [2.75, 3.05) is 19.8 Å². The van der Waals surface area contributed by atoms with Gasteiger partial charge in [0.05, 0.1) is 18.8 Å². The Morgan fingerprint density at radius 1 is 1.11 bits per heavy atom. The Morgan fingerprint density at radius 3 is 2.56 bits per heavy atom. The van der Waals surface area contributed by atoms with Crippen molar-refractivity contribution in [3.63, 3.8) is 0 Å². The number of rotatable bonds is 6. The first-order valence-electron chi connectivity index (χ1n) is 7.83. The number of ether oxygens (including phenoxy) is 2. The van der Waals surface area contributed by atoms with E-state index in [2.05, 4.69) is 12.2 Å². The summed E-state index contributed by atoms with van der Waals surface area (Å²) >= 11 is 0. The van der Waals surface area contributed by atoms with E-state index in [0.717, 1.165) is 19.8 Å². The van der Waals surface area contributed by atoms with Crippen LogP contribution in [0.2, 0.25) is 0 Å². The first-order chi connectivity index (χ1) is 8.86. The lowest BCUT2D eigenvalue weighted by Gasteiger charge is -2.21. The van der Waals surface area contributed by atoms with Gasteiger partial charge in [0.1, 0.15) is 0 Å². The topological polar surface area (TPSA) is 30.5 Å². The van der Waals surface area contributed by atoms with Gasteiger partial charge in [-0.05, 0) is 32.6 Å². The molecule has 2 atom stereocenters. The molecule has 3 heteroatoms. The molecule has 1 heterocycles. The van der Waals surface area contributed by atoms with Crippen molar-refractivity contribution in [1.82, 2.24) is 5.32 Å². The maximum Gasteiger partial charge on any atom is 0.0726 e. The normalized spacial score (nSPS) is 28.2. The van der Waals surface area contributed by atoms with Gasteiger partial charge < -0.3 is 14.8 Å². The van der Waals surface area contributed by atoms with Crippen LogP contribution in [0.3, 0.4) is 0 Å². The van der Waals surface area contributed by atoms with Crippen molar-refractivity contribution in [3.8, 4) is 0 Å². The Balaban J connectivity index is 1.51. The predicted octanol–water partition coefficient (Wildman–Crippen LogP) is 2.88. The summed E-state index contributed by atoms with van der Waals surface area (Å²) < 4.78 is 11.6. The van der Waals surface area contributed by atoms with Crippen LogP contribution in [0, 0.1) is 0 Å². The van der Waals surface area contributed by atoms with Gasteiger partial charge in [-0.2, -0.15) is 0 Å². The summed E-state index contributed by atoms with van der Waals surface area (Å²) in [5.41, 5.74) is 0. The van der Waals surface area contributed by atoms with E-state index in [1.54, 1.807) is 0 Å². The molecule has 1 aliphatic heterocycles. The van der Waals surface area contributed by atoms with E-state index in [9.17, 15) is 0 Å². The zero-order valence-corrected chi connectivity index (χ0v) is 11.8. The summed E-state index contributed by atoms with van der Waals surface area (Å²) in [5.74, 6) is 0. The minimum absolute atomic E-state index is 0.419. The quantitative estimate of drug-likeness (QED) is 0.585. The van der Waals surface area contributed by atoms with Crippen LogP contribution in [0.1, 0.15) is 58.3 Å². The second-order valence-corrected chi connectivity index (χ2v) is 5.78. The van der Waals surface area contributed by atoms with E-state index in [1.165, 1.54) is 51.4 Å². The fraction of sp³-hybridized carbons (Fsp3) is 1.00. The highest BCUT2D eigenvalue weighted by molar-refractivity contribution is 4.76. The molecule has 2 unspecified atom stereocenters. The second-order valence-electron chi connectivity index (χ2n) is 5.78. The Kier molecular flexibility index (Phi) is 6.46. The summed E-state index contributed by atoms with van der Waals surface area (Å²) in [7, 11) is 0. The molecule has 1 saturated heterocycles. The maximum absolute atomic E-state index is 5.97. The zero-order valence-electron chi connectivity index (χ0n) is 11.8. The lowest BCUT2D eigenvalue weighted by molar-refractivity contribution is 0.0381. The Bertz CT molecular complexity index is 205. The van der Waals surface area contributed by atoms with Gasteiger partial charge in [0, 0.05) is 19.2 Å². The molecule has 18 heavy (non-hydrogen) atoms. The molecule has 2 rings (SSSR count). The predicted molar refractivity (Wildman–Crippen MR) is 73.9 cm³/mol. The molecule has 1 aliphatic carbocycles. The van der Waals surface area contributed by atoms with Crippen LogP contribution in [0.25, 0.3) is 0 Å². The van der Waals surface area contributed by atoms with Gasteiger partial charge >= 0.3 is 0 Å². The SMILES string of the molecule is CC(NCCOC1CCCCCC1)C1CCCO1. The molecule has 0 aromatic heterocycles. The maximum atomic E-state index is 5.97. The summed E-state index contributed by atoms with van der Waals surface area (Å²) in [4.78, 5) is 0. The van der Waals surface area contributed by atoms with Gasteiger partial charge in [0.2, 0.25) is 0 Å². The fourth-order valence-corrected chi connectivity index (χ4v) is 3.05. The Labute approximate surface area is 112 Å². The van der Waals surface area contributed by atoms with Crippen LogP contribution < -0.4 is 5.32 Å². The van der Waals surface area contributed by atoms with E-state index < -0.39 is 0 Å². The van der Waals surface area contributed by atoms with E-state index in [4.69, 9.17) is 9.47 Å². The molecule has 0 amide bonds. The Morgan fingerprint density at radius 2 is 1.89 bits per heavy atom. The molecule has 106 valence electrons. The molecule has 0 bridgehead atoms. The molecule has 0 radical (unpaired) electrons. The summed E-state index contributed by atoms with van der Waals surface area (Å²) in [6.07, 6.45) is 11.4. The zero-order chi connectivity index (χ0) is 12.6. The molecular formula is C15H29NO2. The lowest BCUT2D eigenvalue weighted by atomic mass is 10.1. The number of hydrogen-bond donors (Lipinski definition) is 1. The van der Waals surface area contributed by atoms with E-state index in [1.807, 2.05) is 0 Å². The van der Waals surface area contributed by atoms with Gasteiger partial charge in [-0.25, -0.2) is 0 Å². The van der Waals surface area contributed by atoms with Crippen molar-refractivity contribution in [3.05, 3.63) is 0 Å². The third-order valence-corrected chi connectivity index (χ3v) is 4.25. The average Bonchev–Trinajstić information content (AvgIpc) is 2.80.